The quantitative estimate of drug-likeness (QED) is 0.0342. The molecule has 0 heterocycles. The van der Waals surface area contributed by atoms with Gasteiger partial charge in [0.25, 0.3) is 0 Å². The molecule has 364 valence electrons. The zero-order valence-electron chi connectivity index (χ0n) is 36.7. The van der Waals surface area contributed by atoms with Gasteiger partial charge in [-0.05, 0) is 58.4 Å². The maximum atomic E-state index is 13.0. The summed E-state index contributed by atoms with van der Waals surface area (Å²) >= 11 is 0. The fourth-order valence-electron chi connectivity index (χ4n) is 6.33. The van der Waals surface area contributed by atoms with Crippen LogP contribution in [-0.4, -0.2) is 138 Å². The number of nitrogens with one attached hydrogen (secondary N) is 7. The highest BCUT2D eigenvalue weighted by atomic mass is 16.4. The number of phenolic OH excluding ortho intramolecular Hbond substituents is 1. The number of amides is 7. The molecule has 0 aliphatic carbocycles. The Bertz CT molecular complexity index is 1840. The van der Waals surface area contributed by atoms with E-state index in [-0.39, 0.29) is 31.6 Å². The third kappa shape index (κ3) is 26.7. The predicted molar refractivity (Wildman–Crippen MR) is 226 cm³/mol. The highest BCUT2D eigenvalue weighted by Gasteiger charge is 2.30. The Morgan fingerprint density at radius 3 is 1.40 bits per heavy atom. The van der Waals surface area contributed by atoms with E-state index in [1.807, 2.05) is 0 Å². The van der Waals surface area contributed by atoms with Crippen LogP contribution in [0.4, 0.5) is 0 Å². The topological polar surface area (TPSA) is 428 Å². The van der Waals surface area contributed by atoms with Gasteiger partial charge >= 0.3 is 17.9 Å². The van der Waals surface area contributed by atoms with Crippen LogP contribution in [0, 0.1) is 0 Å². The first-order chi connectivity index (χ1) is 30.0. The number of aliphatic carboxylic acids is 3. The van der Waals surface area contributed by atoms with Crippen LogP contribution in [0.3, 0.4) is 0 Å². The maximum absolute atomic E-state index is 13.0. The summed E-state index contributed by atoms with van der Waals surface area (Å²) in [5.74, 6) is -9.60. The van der Waals surface area contributed by atoms with Crippen LogP contribution in [0.1, 0.15) is 110 Å². The van der Waals surface area contributed by atoms with Crippen LogP contribution in [0.15, 0.2) is 24.3 Å². The normalized spacial score (nSPS) is 14.2. The lowest BCUT2D eigenvalue weighted by Crippen LogP contribution is -2.51. The Hall–Kier alpha value is -6.44. The predicted octanol–water partition coefficient (Wildman–Crippen LogP) is -2.99. The van der Waals surface area contributed by atoms with Crippen molar-refractivity contribution >= 4 is 59.3 Å². The van der Waals surface area contributed by atoms with Gasteiger partial charge < -0.3 is 79.3 Å². The third-order valence-corrected chi connectivity index (χ3v) is 8.87. The number of aliphatic hydroxyl groups is 2. The maximum Gasteiger partial charge on any atom is 0.305 e. The first-order valence-electron chi connectivity index (χ1n) is 20.4. The van der Waals surface area contributed by atoms with Gasteiger partial charge in [-0.15, -0.1) is 0 Å². The van der Waals surface area contributed by atoms with Gasteiger partial charge in [-0.1, -0.05) is 12.1 Å². The highest BCUT2D eigenvalue weighted by Crippen LogP contribution is 2.20. The van der Waals surface area contributed by atoms with Gasteiger partial charge in [0, 0.05) is 61.3 Å². The molecule has 1 aromatic rings. The van der Waals surface area contributed by atoms with E-state index in [9.17, 15) is 78.6 Å². The molecule has 65 heavy (non-hydrogen) atoms. The van der Waals surface area contributed by atoms with Crippen molar-refractivity contribution in [2.24, 2.45) is 11.5 Å². The van der Waals surface area contributed by atoms with E-state index >= 15 is 0 Å². The number of carbonyl (C=O) groups excluding carboxylic acids is 7. The molecule has 0 bridgehead atoms. The Labute approximate surface area is 374 Å². The molecule has 0 aliphatic rings. The number of aromatic hydroxyl groups is 1. The van der Waals surface area contributed by atoms with Crippen LogP contribution in [0.25, 0.3) is 0 Å². The molecular formula is C40H63N9O16. The van der Waals surface area contributed by atoms with Gasteiger partial charge in [0.15, 0.2) is 0 Å². The zero-order chi connectivity index (χ0) is 49.7. The van der Waals surface area contributed by atoms with Gasteiger partial charge in [0.2, 0.25) is 41.4 Å². The summed E-state index contributed by atoms with van der Waals surface area (Å²) in [5.41, 5.74) is 9.70. The molecule has 25 nitrogen and oxygen atoms in total. The number of nitrogens with two attached hydrogens (primary N) is 2. The average Bonchev–Trinajstić information content (AvgIpc) is 3.08. The molecule has 0 fully saturated rings. The Kier molecular flexibility index (Phi) is 23.5. The fourth-order valence-corrected chi connectivity index (χ4v) is 6.33. The minimum absolute atomic E-state index is 0.0492. The van der Waals surface area contributed by atoms with Crippen molar-refractivity contribution in [2.45, 2.75) is 146 Å². The van der Waals surface area contributed by atoms with Gasteiger partial charge in [-0.2, -0.15) is 0 Å². The number of hydrogen-bond donors (Lipinski definition) is 15. The lowest BCUT2D eigenvalue weighted by atomic mass is 9.98. The standard InChI is InChI=1S/C40H63N9O16/c1-39(2,42)19-34(58)45-24(15-37(62)63)12-27(51)43-22(9-10-41)11-33(57)49-40(3,4)20-35(59)48-32(56)17-29(53)44-23(14-36(60)61)13-28(52)47-31(55)18-30(54)46-26(16-38(64)65)21-5-7-25(50)8-6-21/h5-8,22-24,26,31-32,50,55-56H,9-20,41-42H2,1-4H3,(H,43,51)(H,44,53)(H,45,58)(H,46,54)(H,47,52)(H,48,59)(H,49,57)(H,60,61)(H,62,63)(H,64,65)/t22-,23?,24?,26+,31+,32+/m0/s1. The second-order valence-corrected chi connectivity index (χ2v) is 16.8. The van der Waals surface area contributed by atoms with E-state index in [0.717, 1.165) is 0 Å². The second-order valence-electron chi connectivity index (χ2n) is 16.8. The molecule has 0 spiro atoms. The number of carboxylic acid groups (broad SMARTS) is 3. The summed E-state index contributed by atoms with van der Waals surface area (Å²) in [6, 6.07) is 0.980. The average molecular weight is 926 g/mol. The minimum atomic E-state index is -1.82. The van der Waals surface area contributed by atoms with E-state index in [0.29, 0.717) is 5.56 Å². The van der Waals surface area contributed by atoms with Crippen molar-refractivity contribution in [1.29, 1.82) is 0 Å². The van der Waals surface area contributed by atoms with Gasteiger partial charge in [0.05, 0.1) is 38.1 Å². The number of carbonyl (C=O) groups is 10. The molecule has 17 N–H and O–H groups in total. The lowest BCUT2D eigenvalue weighted by Gasteiger charge is -2.28. The van der Waals surface area contributed by atoms with Crippen LogP contribution in [0.2, 0.25) is 0 Å². The summed E-state index contributed by atoms with van der Waals surface area (Å²) in [7, 11) is 0. The summed E-state index contributed by atoms with van der Waals surface area (Å²) < 4.78 is 0. The van der Waals surface area contributed by atoms with E-state index in [2.05, 4.69) is 37.2 Å². The molecule has 7 amide bonds. The van der Waals surface area contributed by atoms with E-state index in [1.165, 1.54) is 38.1 Å². The minimum Gasteiger partial charge on any atom is -0.508 e. The number of benzene rings is 1. The van der Waals surface area contributed by atoms with Crippen LogP contribution < -0.4 is 48.7 Å². The zero-order valence-corrected chi connectivity index (χ0v) is 36.7. The Morgan fingerprint density at radius 2 is 0.923 bits per heavy atom. The number of hydrogen-bond acceptors (Lipinski definition) is 15. The molecular weight excluding hydrogens is 862 g/mol. The highest BCUT2D eigenvalue weighted by molar-refractivity contribution is 5.85. The largest absolute Gasteiger partial charge is 0.508 e. The van der Waals surface area contributed by atoms with Gasteiger partial charge in [-0.3, -0.25) is 47.9 Å². The van der Waals surface area contributed by atoms with E-state index in [4.69, 9.17) is 11.5 Å². The first kappa shape index (κ1) is 56.6. The smallest absolute Gasteiger partial charge is 0.305 e. The SMILES string of the molecule is CC(C)(N)CC(=O)NC(CC(=O)O)CC(=O)N[C@@H](CCN)CC(=O)NC(C)(C)CC(=O)N[C@H](O)CC(=O)NC(CC(=O)O)CC(=O)N[C@H](O)CC(=O)N[C@H](CC(=O)O)c1ccc(O)cc1. The summed E-state index contributed by atoms with van der Waals surface area (Å²) in [5, 5.41) is 74.6. The van der Waals surface area contributed by atoms with E-state index < -0.39 is 158 Å². The molecule has 0 radical (unpaired) electrons. The number of phenols is 1. The van der Waals surface area contributed by atoms with Crippen molar-refractivity contribution < 1.29 is 78.6 Å². The number of aliphatic hydroxyl groups excluding tert-OH is 2. The number of carboxylic acids is 3. The van der Waals surface area contributed by atoms with Crippen molar-refractivity contribution in [3.8, 4) is 5.75 Å². The summed E-state index contributed by atoms with van der Waals surface area (Å²) in [4.78, 5) is 123. The van der Waals surface area contributed by atoms with Gasteiger partial charge in [-0.25, -0.2) is 0 Å². The second kappa shape index (κ2) is 27.0. The molecule has 0 aromatic heterocycles. The lowest BCUT2D eigenvalue weighted by molar-refractivity contribution is -0.139. The molecule has 6 atom stereocenters. The molecule has 25 heteroatoms. The van der Waals surface area contributed by atoms with Crippen molar-refractivity contribution in [3.05, 3.63) is 29.8 Å². The van der Waals surface area contributed by atoms with Crippen molar-refractivity contribution in [3.63, 3.8) is 0 Å². The van der Waals surface area contributed by atoms with Crippen molar-refractivity contribution in [1.82, 2.24) is 37.2 Å². The van der Waals surface area contributed by atoms with Crippen LogP contribution >= 0.6 is 0 Å². The Balaban J connectivity index is 2.71. The third-order valence-electron chi connectivity index (χ3n) is 8.87. The number of rotatable bonds is 30. The first-order valence-corrected chi connectivity index (χ1v) is 20.4. The van der Waals surface area contributed by atoms with Crippen LogP contribution in [-0.2, 0) is 47.9 Å². The summed E-state index contributed by atoms with van der Waals surface area (Å²) in [6.07, 6.45) is -8.96. The molecule has 2 unspecified atom stereocenters. The molecule has 1 aromatic carbocycles. The molecule has 0 saturated heterocycles. The molecule has 0 saturated carbocycles. The van der Waals surface area contributed by atoms with Crippen LogP contribution in [0.5, 0.6) is 5.75 Å². The van der Waals surface area contributed by atoms with Crippen molar-refractivity contribution in [2.75, 3.05) is 6.54 Å². The molecule has 1 rings (SSSR count). The monoisotopic (exact) mass is 925 g/mol. The molecule has 0 aliphatic heterocycles. The fraction of sp³-hybridized carbons (Fsp3) is 0.600. The summed E-state index contributed by atoms with van der Waals surface area (Å²) in [6.45, 7) is 6.19. The Morgan fingerprint density at radius 1 is 0.523 bits per heavy atom. The van der Waals surface area contributed by atoms with E-state index in [1.54, 1.807) is 13.8 Å². The van der Waals surface area contributed by atoms with Gasteiger partial charge in [0.1, 0.15) is 18.2 Å².